The number of nitrogens with zero attached hydrogens (tertiary/aromatic N) is 1. The van der Waals surface area contributed by atoms with Crippen LogP contribution in [0.4, 0.5) is 10.8 Å². The van der Waals surface area contributed by atoms with Crippen molar-refractivity contribution in [2.45, 2.75) is 12.8 Å². The molecule has 84 valence electrons. The second kappa shape index (κ2) is 5.04. The average molecular weight is 273 g/mol. The highest BCUT2D eigenvalue weighted by Gasteiger charge is 2.04. The summed E-state index contributed by atoms with van der Waals surface area (Å²) in [7, 11) is 0. The van der Waals surface area contributed by atoms with Gasteiger partial charge in [0.05, 0.1) is 11.6 Å². The fourth-order valence-corrected chi connectivity index (χ4v) is 2.39. The SMILES string of the molecule is Cc1ccc(Cl)cc1Nc1nc(CCl)cs1. The summed E-state index contributed by atoms with van der Waals surface area (Å²) >= 11 is 13.2. The predicted octanol–water partition coefficient (Wildman–Crippen LogP) is 4.59. The first-order valence-electron chi connectivity index (χ1n) is 4.72. The largest absolute Gasteiger partial charge is 0.331 e. The molecule has 16 heavy (non-hydrogen) atoms. The number of thiazole rings is 1. The van der Waals surface area contributed by atoms with Crippen molar-refractivity contribution in [3.63, 3.8) is 0 Å². The van der Waals surface area contributed by atoms with Gasteiger partial charge in [-0.2, -0.15) is 0 Å². The van der Waals surface area contributed by atoms with Crippen LogP contribution in [-0.2, 0) is 5.88 Å². The zero-order valence-electron chi connectivity index (χ0n) is 8.63. The summed E-state index contributed by atoms with van der Waals surface area (Å²) in [5.41, 5.74) is 2.99. The molecule has 0 fully saturated rings. The van der Waals surface area contributed by atoms with Gasteiger partial charge in [0.2, 0.25) is 0 Å². The van der Waals surface area contributed by atoms with Gasteiger partial charge in [0.25, 0.3) is 0 Å². The number of aromatic nitrogens is 1. The Morgan fingerprint density at radius 2 is 2.25 bits per heavy atom. The first-order chi connectivity index (χ1) is 7.69. The summed E-state index contributed by atoms with van der Waals surface area (Å²) in [6.07, 6.45) is 0. The van der Waals surface area contributed by atoms with Gasteiger partial charge in [0.15, 0.2) is 5.13 Å². The van der Waals surface area contributed by atoms with E-state index in [1.54, 1.807) is 0 Å². The average Bonchev–Trinajstić information content (AvgIpc) is 2.71. The summed E-state index contributed by atoms with van der Waals surface area (Å²) in [4.78, 5) is 4.33. The molecule has 0 unspecified atom stereocenters. The van der Waals surface area contributed by atoms with Crippen molar-refractivity contribution < 1.29 is 0 Å². The van der Waals surface area contributed by atoms with Crippen LogP contribution >= 0.6 is 34.5 Å². The summed E-state index contributed by atoms with van der Waals surface area (Å²) < 4.78 is 0. The van der Waals surface area contributed by atoms with Gasteiger partial charge in [-0.15, -0.1) is 22.9 Å². The van der Waals surface area contributed by atoms with Crippen LogP contribution in [0.3, 0.4) is 0 Å². The fourth-order valence-electron chi connectivity index (χ4n) is 1.27. The van der Waals surface area contributed by atoms with E-state index in [0.717, 1.165) is 22.1 Å². The minimum absolute atomic E-state index is 0.437. The molecular formula is C11H10Cl2N2S. The Morgan fingerprint density at radius 3 is 2.94 bits per heavy atom. The van der Waals surface area contributed by atoms with Gasteiger partial charge in [0, 0.05) is 16.1 Å². The molecule has 1 N–H and O–H groups in total. The number of nitrogens with one attached hydrogen (secondary N) is 1. The molecule has 0 amide bonds. The molecular weight excluding hydrogens is 263 g/mol. The molecule has 0 spiro atoms. The smallest absolute Gasteiger partial charge is 0.187 e. The molecule has 0 aliphatic rings. The fraction of sp³-hybridized carbons (Fsp3) is 0.182. The van der Waals surface area contributed by atoms with Crippen LogP contribution in [0, 0.1) is 6.92 Å². The molecule has 2 nitrogen and oxygen atoms in total. The number of aryl methyl sites for hydroxylation is 1. The zero-order valence-corrected chi connectivity index (χ0v) is 11.0. The Morgan fingerprint density at radius 1 is 1.44 bits per heavy atom. The molecule has 5 heteroatoms. The highest BCUT2D eigenvalue weighted by molar-refractivity contribution is 7.13. The van der Waals surface area contributed by atoms with Gasteiger partial charge in [-0.1, -0.05) is 17.7 Å². The van der Waals surface area contributed by atoms with Crippen molar-refractivity contribution in [3.8, 4) is 0 Å². The van der Waals surface area contributed by atoms with Crippen molar-refractivity contribution in [2.24, 2.45) is 0 Å². The molecule has 2 aromatic rings. The lowest BCUT2D eigenvalue weighted by Crippen LogP contribution is -1.92. The molecule has 0 saturated heterocycles. The Hall–Kier alpha value is -0.770. The quantitative estimate of drug-likeness (QED) is 0.827. The summed E-state index contributed by atoms with van der Waals surface area (Å²) in [6, 6.07) is 5.73. The van der Waals surface area contributed by atoms with Gasteiger partial charge in [-0.25, -0.2) is 4.98 Å². The highest BCUT2D eigenvalue weighted by Crippen LogP contribution is 2.26. The topological polar surface area (TPSA) is 24.9 Å². The van der Waals surface area contributed by atoms with Gasteiger partial charge in [0.1, 0.15) is 0 Å². The number of hydrogen-bond acceptors (Lipinski definition) is 3. The number of halogens is 2. The molecule has 0 aliphatic carbocycles. The third-order valence-electron chi connectivity index (χ3n) is 2.13. The van der Waals surface area contributed by atoms with Gasteiger partial charge < -0.3 is 5.32 Å². The maximum absolute atomic E-state index is 5.94. The summed E-state index contributed by atoms with van der Waals surface area (Å²) in [6.45, 7) is 2.02. The van der Waals surface area contributed by atoms with Crippen LogP contribution in [0.1, 0.15) is 11.3 Å². The van der Waals surface area contributed by atoms with Crippen LogP contribution in [0.2, 0.25) is 5.02 Å². The third kappa shape index (κ3) is 2.67. The van der Waals surface area contributed by atoms with Crippen molar-refractivity contribution >= 4 is 45.4 Å². The Bertz CT molecular complexity index is 496. The normalized spacial score (nSPS) is 10.4. The Labute approximate surface area is 108 Å². The first-order valence-corrected chi connectivity index (χ1v) is 6.52. The van der Waals surface area contributed by atoms with E-state index < -0.39 is 0 Å². The monoisotopic (exact) mass is 272 g/mol. The predicted molar refractivity (Wildman–Crippen MR) is 71.1 cm³/mol. The van der Waals surface area contributed by atoms with Crippen LogP contribution in [-0.4, -0.2) is 4.98 Å². The number of alkyl halides is 1. The van der Waals surface area contributed by atoms with Crippen molar-refractivity contribution in [1.82, 2.24) is 4.98 Å². The zero-order chi connectivity index (χ0) is 11.5. The number of rotatable bonds is 3. The second-order valence-corrected chi connectivity index (χ2v) is 4.92. The van der Waals surface area contributed by atoms with Gasteiger partial charge in [-0.05, 0) is 24.6 Å². The molecule has 0 atom stereocenters. The molecule has 1 heterocycles. The maximum Gasteiger partial charge on any atom is 0.187 e. The van der Waals surface area contributed by atoms with Crippen LogP contribution in [0.5, 0.6) is 0 Å². The molecule has 0 saturated carbocycles. The van der Waals surface area contributed by atoms with Crippen LogP contribution in [0.15, 0.2) is 23.6 Å². The molecule has 1 aromatic carbocycles. The van der Waals surface area contributed by atoms with Crippen LogP contribution in [0.25, 0.3) is 0 Å². The van der Waals surface area contributed by atoms with Gasteiger partial charge in [-0.3, -0.25) is 0 Å². The van der Waals surface area contributed by atoms with Crippen molar-refractivity contribution in [1.29, 1.82) is 0 Å². The Kier molecular flexibility index (Phi) is 3.69. The van der Waals surface area contributed by atoms with Crippen molar-refractivity contribution in [2.75, 3.05) is 5.32 Å². The number of anilines is 2. The van der Waals surface area contributed by atoms with E-state index in [-0.39, 0.29) is 0 Å². The minimum atomic E-state index is 0.437. The van der Waals surface area contributed by atoms with E-state index in [0.29, 0.717) is 10.9 Å². The van der Waals surface area contributed by atoms with E-state index >= 15 is 0 Å². The Balaban J connectivity index is 2.22. The lowest BCUT2D eigenvalue weighted by atomic mass is 10.2. The number of hydrogen-bond donors (Lipinski definition) is 1. The first kappa shape index (κ1) is 11.7. The summed E-state index contributed by atoms with van der Waals surface area (Å²) in [5.74, 6) is 0.437. The van der Waals surface area contributed by atoms with E-state index in [9.17, 15) is 0 Å². The van der Waals surface area contributed by atoms with Crippen molar-refractivity contribution in [3.05, 3.63) is 39.9 Å². The molecule has 0 aliphatic heterocycles. The molecule has 1 aromatic heterocycles. The van der Waals surface area contributed by atoms with E-state index in [1.165, 1.54) is 11.3 Å². The lowest BCUT2D eigenvalue weighted by molar-refractivity contribution is 1.22. The number of benzene rings is 1. The highest BCUT2D eigenvalue weighted by atomic mass is 35.5. The molecule has 0 radical (unpaired) electrons. The maximum atomic E-state index is 5.94. The summed E-state index contributed by atoms with van der Waals surface area (Å²) in [5, 5.41) is 6.72. The van der Waals surface area contributed by atoms with E-state index in [2.05, 4.69) is 10.3 Å². The standard InChI is InChI=1S/C11H10Cl2N2S/c1-7-2-3-8(13)4-10(7)15-11-14-9(5-12)6-16-11/h2-4,6H,5H2,1H3,(H,14,15). The molecule has 2 rings (SSSR count). The lowest BCUT2D eigenvalue weighted by Gasteiger charge is -2.06. The van der Waals surface area contributed by atoms with Gasteiger partial charge >= 0.3 is 0 Å². The van der Waals surface area contributed by atoms with Crippen LogP contribution < -0.4 is 5.32 Å². The third-order valence-corrected chi connectivity index (χ3v) is 3.45. The minimum Gasteiger partial charge on any atom is -0.331 e. The van der Waals surface area contributed by atoms with E-state index in [1.807, 2.05) is 30.5 Å². The van der Waals surface area contributed by atoms with E-state index in [4.69, 9.17) is 23.2 Å². The second-order valence-electron chi connectivity index (χ2n) is 3.36. The molecule has 0 bridgehead atoms.